The normalized spacial score (nSPS) is 15.5. The highest BCUT2D eigenvalue weighted by Gasteiger charge is 2.29. The number of ether oxygens (including phenoxy) is 2. The molecule has 0 bridgehead atoms. The summed E-state index contributed by atoms with van der Waals surface area (Å²) in [6.07, 6.45) is 0. The average Bonchev–Trinajstić information content (AvgIpc) is 2.68. The molecule has 0 atom stereocenters. The van der Waals surface area contributed by atoms with E-state index >= 15 is 0 Å². The van der Waals surface area contributed by atoms with Gasteiger partial charge in [-0.1, -0.05) is 12.1 Å². The molecule has 0 aliphatic carbocycles. The fraction of sp³-hybridized carbons (Fsp3) is 0.333. The van der Waals surface area contributed by atoms with Gasteiger partial charge < -0.3 is 14.8 Å². The number of morpholine rings is 1. The number of hydrogen-bond acceptors (Lipinski definition) is 5. The lowest BCUT2D eigenvalue weighted by atomic mass is 10.3. The second kappa shape index (κ2) is 8.64. The van der Waals surface area contributed by atoms with Gasteiger partial charge in [0.05, 0.1) is 13.2 Å². The summed E-state index contributed by atoms with van der Waals surface area (Å²) in [5, 5.41) is 2.96. The molecule has 0 aromatic heterocycles. The highest BCUT2D eigenvalue weighted by atomic mass is 32.2. The molecule has 1 heterocycles. The Morgan fingerprint density at radius 1 is 1.07 bits per heavy atom. The molecule has 3 rings (SSSR count). The van der Waals surface area contributed by atoms with Gasteiger partial charge in [-0.05, 0) is 30.3 Å². The third-order valence-corrected chi connectivity index (χ3v) is 5.96. The molecule has 27 heavy (non-hydrogen) atoms. The van der Waals surface area contributed by atoms with E-state index in [-0.39, 0.29) is 50.1 Å². The molecule has 2 aromatic carbocycles. The maximum atomic E-state index is 14.1. The predicted molar refractivity (Wildman–Crippen MR) is 96.4 cm³/mol. The predicted octanol–water partition coefficient (Wildman–Crippen LogP) is 2.48. The third kappa shape index (κ3) is 4.74. The molecule has 1 saturated heterocycles. The van der Waals surface area contributed by atoms with Crippen LogP contribution in [0.4, 0.5) is 14.5 Å². The molecule has 1 N–H and O–H groups in total. The first kappa shape index (κ1) is 19.5. The van der Waals surface area contributed by atoms with Gasteiger partial charge in [-0.2, -0.15) is 4.31 Å². The van der Waals surface area contributed by atoms with Crippen molar-refractivity contribution in [2.75, 3.05) is 44.8 Å². The van der Waals surface area contributed by atoms with E-state index < -0.39 is 21.7 Å². The Hall–Kier alpha value is -2.23. The van der Waals surface area contributed by atoms with Gasteiger partial charge in [0.1, 0.15) is 17.3 Å². The Morgan fingerprint density at radius 2 is 1.81 bits per heavy atom. The second-order valence-corrected chi connectivity index (χ2v) is 7.77. The van der Waals surface area contributed by atoms with Crippen molar-refractivity contribution < 1.29 is 26.7 Å². The summed E-state index contributed by atoms with van der Waals surface area (Å²) in [5.74, 6) is -1.14. The van der Waals surface area contributed by atoms with Crippen molar-refractivity contribution in [1.29, 1.82) is 0 Å². The monoisotopic (exact) mass is 398 g/mol. The first-order valence-electron chi connectivity index (χ1n) is 8.47. The molecule has 0 saturated carbocycles. The minimum absolute atomic E-state index is 0.133. The zero-order valence-electron chi connectivity index (χ0n) is 14.5. The molecular formula is C18H20F2N2O4S. The second-order valence-electron chi connectivity index (χ2n) is 5.87. The maximum Gasteiger partial charge on any atom is 0.246 e. The van der Waals surface area contributed by atoms with E-state index in [0.29, 0.717) is 5.69 Å². The van der Waals surface area contributed by atoms with Crippen molar-refractivity contribution in [3.05, 3.63) is 54.1 Å². The third-order valence-electron chi connectivity index (χ3n) is 4.04. The number of hydrogen-bond donors (Lipinski definition) is 1. The summed E-state index contributed by atoms with van der Waals surface area (Å²) in [5.41, 5.74) is 0.431. The van der Waals surface area contributed by atoms with Crippen LogP contribution in [0.3, 0.4) is 0 Å². The lowest BCUT2D eigenvalue weighted by molar-refractivity contribution is 0.0729. The highest BCUT2D eigenvalue weighted by molar-refractivity contribution is 7.89. The lowest BCUT2D eigenvalue weighted by Gasteiger charge is -2.26. The number of rotatable bonds is 7. The number of nitrogens with zero attached hydrogens (tertiary/aromatic N) is 1. The summed E-state index contributed by atoms with van der Waals surface area (Å²) in [4.78, 5) is -0.385. The van der Waals surface area contributed by atoms with Gasteiger partial charge in [0.25, 0.3) is 0 Å². The van der Waals surface area contributed by atoms with Crippen LogP contribution in [-0.2, 0) is 14.8 Å². The molecule has 1 fully saturated rings. The van der Waals surface area contributed by atoms with E-state index in [9.17, 15) is 17.2 Å². The van der Waals surface area contributed by atoms with Crippen molar-refractivity contribution in [1.82, 2.24) is 4.31 Å². The molecule has 146 valence electrons. The first-order valence-corrected chi connectivity index (χ1v) is 9.91. The minimum Gasteiger partial charge on any atom is -0.489 e. The fourth-order valence-corrected chi connectivity index (χ4v) is 4.15. The smallest absolute Gasteiger partial charge is 0.246 e. The molecule has 1 aliphatic rings. The SMILES string of the molecule is O=S(=O)(c1cc(NCCOc2ccccc2F)ccc1F)N1CCOCC1. The van der Waals surface area contributed by atoms with Gasteiger partial charge in [-0.25, -0.2) is 17.2 Å². The first-order chi connectivity index (χ1) is 13.0. The topological polar surface area (TPSA) is 67.9 Å². The standard InChI is InChI=1S/C18H20F2N2O4S/c19-15-3-1-2-4-17(15)26-10-7-21-14-5-6-16(20)18(13-14)27(23,24)22-8-11-25-12-9-22/h1-6,13,21H,7-12H2. The molecule has 0 unspecified atom stereocenters. The van der Waals surface area contributed by atoms with Crippen molar-refractivity contribution >= 4 is 15.7 Å². The molecule has 0 amide bonds. The quantitative estimate of drug-likeness (QED) is 0.726. The molecular weight excluding hydrogens is 378 g/mol. The number of benzene rings is 2. The van der Waals surface area contributed by atoms with E-state index in [2.05, 4.69) is 5.32 Å². The van der Waals surface area contributed by atoms with Crippen molar-refractivity contribution in [2.45, 2.75) is 4.90 Å². The van der Waals surface area contributed by atoms with E-state index in [0.717, 1.165) is 6.07 Å². The van der Waals surface area contributed by atoms with Crippen LogP contribution in [0.25, 0.3) is 0 Å². The van der Waals surface area contributed by atoms with Gasteiger partial charge >= 0.3 is 0 Å². The summed E-state index contributed by atoms with van der Waals surface area (Å²) >= 11 is 0. The lowest BCUT2D eigenvalue weighted by Crippen LogP contribution is -2.40. The van der Waals surface area contributed by atoms with Gasteiger partial charge in [0.2, 0.25) is 10.0 Å². The Morgan fingerprint density at radius 3 is 2.56 bits per heavy atom. The molecule has 1 aliphatic heterocycles. The van der Waals surface area contributed by atoms with E-state index in [1.54, 1.807) is 12.1 Å². The van der Waals surface area contributed by atoms with Crippen LogP contribution in [0, 0.1) is 11.6 Å². The molecule has 9 heteroatoms. The fourth-order valence-electron chi connectivity index (χ4n) is 2.66. The zero-order chi connectivity index (χ0) is 19.3. The number of para-hydroxylation sites is 1. The van der Waals surface area contributed by atoms with E-state index in [1.165, 1.54) is 28.6 Å². The Bertz CT molecular complexity index is 887. The summed E-state index contributed by atoms with van der Waals surface area (Å²) in [6.45, 7) is 1.39. The van der Waals surface area contributed by atoms with Crippen molar-refractivity contribution in [2.24, 2.45) is 0 Å². The molecule has 2 aromatic rings. The van der Waals surface area contributed by atoms with Crippen molar-refractivity contribution in [3.8, 4) is 5.75 Å². The summed E-state index contributed by atoms with van der Waals surface area (Å²) < 4.78 is 64.6. The van der Waals surface area contributed by atoms with Gasteiger partial charge in [0, 0.05) is 25.3 Å². The van der Waals surface area contributed by atoms with Crippen LogP contribution < -0.4 is 10.1 Å². The number of sulfonamides is 1. The number of halogens is 2. The summed E-state index contributed by atoms with van der Waals surface area (Å²) in [7, 11) is -3.94. The largest absolute Gasteiger partial charge is 0.489 e. The Kier molecular flexibility index (Phi) is 6.25. The zero-order valence-corrected chi connectivity index (χ0v) is 15.3. The number of nitrogens with one attached hydrogen (secondary N) is 1. The summed E-state index contributed by atoms with van der Waals surface area (Å²) in [6, 6.07) is 9.84. The number of anilines is 1. The average molecular weight is 398 g/mol. The van der Waals surface area contributed by atoms with Crippen LogP contribution in [0.15, 0.2) is 47.4 Å². The Balaban J connectivity index is 1.64. The van der Waals surface area contributed by atoms with Crippen molar-refractivity contribution in [3.63, 3.8) is 0 Å². The molecule has 6 nitrogen and oxygen atoms in total. The maximum absolute atomic E-state index is 14.1. The minimum atomic E-state index is -3.94. The highest BCUT2D eigenvalue weighted by Crippen LogP contribution is 2.24. The Labute approximate surface area is 156 Å². The van der Waals surface area contributed by atoms with Crippen LogP contribution in [-0.4, -0.2) is 52.2 Å². The van der Waals surface area contributed by atoms with Gasteiger partial charge in [0.15, 0.2) is 11.6 Å². The van der Waals surface area contributed by atoms with E-state index in [1.807, 2.05) is 0 Å². The molecule has 0 spiro atoms. The van der Waals surface area contributed by atoms with Gasteiger partial charge in [-0.15, -0.1) is 0 Å². The molecule has 0 radical (unpaired) electrons. The van der Waals surface area contributed by atoms with Crippen LogP contribution >= 0.6 is 0 Å². The van der Waals surface area contributed by atoms with Gasteiger partial charge in [-0.3, -0.25) is 0 Å². The van der Waals surface area contributed by atoms with E-state index in [4.69, 9.17) is 9.47 Å². The van der Waals surface area contributed by atoms with Crippen LogP contribution in [0.1, 0.15) is 0 Å². The van der Waals surface area contributed by atoms with Crippen LogP contribution in [0.2, 0.25) is 0 Å². The van der Waals surface area contributed by atoms with Crippen LogP contribution in [0.5, 0.6) is 5.75 Å².